The molecule has 3 heteroatoms. The third-order valence-electron chi connectivity index (χ3n) is 5.33. The van der Waals surface area contributed by atoms with Crippen molar-refractivity contribution in [2.24, 2.45) is 17.1 Å². The van der Waals surface area contributed by atoms with E-state index in [9.17, 15) is 0 Å². The number of hydrogen-bond donors (Lipinski definition) is 2. The number of nitrogens with two attached hydrogens (primary N) is 1. The van der Waals surface area contributed by atoms with Crippen LogP contribution in [0.25, 0.3) is 0 Å². The van der Waals surface area contributed by atoms with E-state index in [1.165, 1.54) is 44.9 Å². The first-order valence-electron chi connectivity index (χ1n) is 8.32. The zero-order valence-corrected chi connectivity index (χ0v) is 12.6. The lowest BCUT2D eigenvalue weighted by molar-refractivity contribution is 0.0868. The van der Waals surface area contributed by atoms with Gasteiger partial charge in [-0.3, -0.25) is 0 Å². The average Bonchev–Trinajstić information content (AvgIpc) is 2.92. The molecule has 1 saturated heterocycles. The molecule has 0 aromatic heterocycles. The Kier molecular flexibility index (Phi) is 6.11. The second kappa shape index (κ2) is 7.61. The number of ether oxygens (including phenoxy) is 1. The highest BCUT2D eigenvalue weighted by molar-refractivity contribution is 4.85. The summed E-state index contributed by atoms with van der Waals surface area (Å²) in [5, 5.41) is 3.66. The van der Waals surface area contributed by atoms with Crippen molar-refractivity contribution in [3.05, 3.63) is 0 Å². The summed E-state index contributed by atoms with van der Waals surface area (Å²) in [6.45, 7) is 6.31. The molecule has 0 aromatic rings. The second-order valence-electron chi connectivity index (χ2n) is 6.59. The maximum atomic E-state index is 6.04. The summed E-state index contributed by atoms with van der Waals surface area (Å²) in [6, 6.07) is 0. The van der Waals surface area contributed by atoms with Gasteiger partial charge in [-0.25, -0.2) is 0 Å². The smallest absolute Gasteiger partial charge is 0.0613 e. The van der Waals surface area contributed by atoms with Crippen molar-refractivity contribution in [1.82, 2.24) is 5.32 Å². The lowest BCUT2D eigenvalue weighted by Gasteiger charge is -2.36. The Morgan fingerprint density at radius 3 is 2.74 bits per heavy atom. The van der Waals surface area contributed by atoms with Crippen molar-refractivity contribution in [3.63, 3.8) is 0 Å². The van der Waals surface area contributed by atoms with E-state index in [0.29, 0.717) is 11.5 Å². The molecule has 2 atom stereocenters. The number of rotatable bonds is 7. The van der Waals surface area contributed by atoms with Crippen molar-refractivity contribution in [1.29, 1.82) is 0 Å². The van der Waals surface area contributed by atoms with Crippen LogP contribution in [-0.2, 0) is 4.74 Å². The van der Waals surface area contributed by atoms with Crippen LogP contribution < -0.4 is 11.1 Å². The Morgan fingerprint density at radius 2 is 2.05 bits per heavy atom. The van der Waals surface area contributed by atoms with Gasteiger partial charge in [0.25, 0.3) is 0 Å². The van der Waals surface area contributed by atoms with E-state index < -0.39 is 0 Å². The minimum Gasteiger partial charge on any atom is -0.378 e. The van der Waals surface area contributed by atoms with Crippen molar-refractivity contribution in [2.75, 3.05) is 26.2 Å². The van der Waals surface area contributed by atoms with E-state index in [2.05, 4.69) is 12.2 Å². The molecule has 0 spiro atoms. The molecule has 2 fully saturated rings. The van der Waals surface area contributed by atoms with Gasteiger partial charge in [-0.05, 0) is 56.5 Å². The first-order valence-corrected chi connectivity index (χ1v) is 8.32. The quantitative estimate of drug-likeness (QED) is 0.698. The Morgan fingerprint density at radius 1 is 1.26 bits per heavy atom. The predicted molar refractivity (Wildman–Crippen MR) is 80.2 cm³/mol. The molecule has 0 radical (unpaired) electrons. The number of nitrogens with one attached hydrogen (secondary N) is 1. The van der Waals surface area contributed by atoms with E-state index in [1.807, 2.05) is 0 Å². The van der Waals surface area contributed by atoms with E-state index in [1.54, 1.807) is 0 Å². The third-order valence-corrected chi connectivity index (χ3v) is 5.33. The van der Waals surface area contributed by atoms with E-state index >= 15 is 0 Å². The molecule has 2 unspecified atom stereocenters. The van der Waals surface area contributed by atoms with Gasteiger partial charge >= 0.3 is 0 Å². The fraction of sp³-hybridized carbons (Fsp3) is 1.00. The Balaban J connectivity index is 1.65. The average molecular weight is 268 g/mol. The van der Waals surface area contributed by atoms with Crippen LogP contribution in [0, 0.1) is 11.3 Å². The SMILES string of the molecule is CCC1OCCC1CNCCC1(CN)CCCCC1. The third kappa shape index (κ3) is 4.17. The molecule has 1 aliphatic heterocycles. The highest BCUT2D eigenvalue weighted by Gasteiger charge is 2.30. The highest BCUT2D eigenvalue weighted by Crippen LogP contribution is 2.38. The maximum Gasteiger partial charge on any atom is 0.0613 e. The number of hydrogen-bond acceptors (Lipinski definition) is 3. The molecule has 19 heavy (non-hydrogen) atoms. The van der Waals surface area contributed by atoms with Crippen LogP contribution >= 0.6 is 0 Å². The lowest BCUT2D eigenvalue weighted by Crippen LogP contribution is -2.37. The molecular formula is C16H32N2O. The molecule has 3 N–H and O–H groups in total. The summed E-state index contributed by atoms with van der Waals surface area (Å²) in [5.74, 6) is 0.727. The molecule has 0 aromatic carbocycles. The van der Waals surface area contributed by atoms with E-state index in [0.717, 1.165) is 38.6 Å². The van der Waals surface area contributed by atoms with Gasteiger partial charge in [0.15, 0.2) is 0 Å². The molecule has 0 amide bonds. The fourth-order valence-electron chi connectivity index (χ4n) is 3.88. The monoisotopic (exact) mass is 268 g/mol. The maximum absolute atomic E-state index is 6.04. The van der Waals surface area contributed by atoms with E-state index in [-0.39, 0.29) is 0 Å². The summed E-state index contributed by atoms with van der Waals surface area (Å²) in [4.78, 5) is 0. The zero-order chi connectivity index (χ0) is 13.6. The highest BCUT2D eigenvalue weighted by atomic mass is 16.5. The van der Waals surface area contributed by atoms with Crippen LogP contribution in [0.4, 0.5) is 0 Å². The van der Waals surface area contributed by atoms with Crippen LogP contribution in [0.1, 0.15) is 58.3 Å². The first kappa shape index (κ1) is 15.3. The van der Waals surface area contributed by atoms with Gasteiger partial charge in [0, 0.05) is 13.2 Å². The molecule has 1 saturated carbocycles. The Bertz CT molecular complexity index is 251. The summed E-state index contributed by atoms with van der Waals surface area (Å²) in [7, 11) is 0. The van der Waals surface area contributed by atoms with Crippen LogP contribution in [0.3, 0.4) is 0 Å². The van der Waals surface area contributed by atoms with Crippen LogP contribution in [-0.4, -0.2) is 32.3 Å². The van der Waals surface area contributed by atoms with Gasteiger partial charge in [0.2, 0.25) is 0 Å². The van der Waals surface area contributed by atoms with Gasteiger partial charge in [-0.15, -0.1) is 0 Å². The minimum atomic E-state index is 0.446. The lowest BCUT2D eigenvalue weighted by atomic mass is 9.72. The molecule has 2 aliphatic rings. The summed E-state index contributed by atoms with van der Waals surface area (Å²) in [5.41, 5.74) is 6.48. The summed E-state index contributed by atoms with van der Waals surface area (Å²) in [6.07, 6.45) is 11.0. The summed E-state index contributed by atoms with van der Waals surface area (Å²) >= 11 is 0. The molecule has 3 nitrogen and oxygen atoms in total. The van der Waals surface area contributed by atoms with Gasteiger partial charge < -0.3 is 15.8 Å². The van der Waals surface area contributed by atoms with Gasteiger partial charge in [0.05, 0.1) is 6.10 Å². The molecular weight excluding hydrogens is 236 g/mol. The Labute approximate surface area is 118 Å². The van der Waals surface area contributed by atoms with Crippen molar-refractivity contribution >= 4 is 0 Å². The normalized spacial score (nSPS) is 30.6. The van der Waals surface area contributed by atoms with Crippen molar-refractivity contribution in [2.45, 2.75) is 64.4 Å². The molecule has 2 rings (SSSR count). The van der Waals surface area contributed by atoms with Crippen molar-refractivity contribution in [3.8, 4) is 0 Å². The van der Waals surface area contributed by atoms with E-state index in [4.69, 9.17) is 10.5 Å². The standard InChI is InChI=1S/C16H32N2O/c1-2-15-14(6-11-19-15)12-18-10-9-16(13-17)7-4-3-5-8-16/h14-15,18H,2-13,17H2,1H3. The predicted octanol–water partition coefficient (Wildman–Crippen LogP) is 2.69. The second-order valence-corrected chi connectivity index (χ2v) is 6.59. The van der Waals surface area contributed by atoms with Gasteiger partial charge in [-0.2, -0.15) is 0 Å². The molecule has 0 bridgehead atoms. The van der Waals surface area contributed by atoms with Gasteiger partial charge in [-0.1, -0.05) is 26.2 Å². The topological polar surface area (TPSA) is 47.3 Å². The van der Waals surface area contributed by atoms with Crippen LogP contribution in [0.15, 0.2) is 0 Å². The largest absolute Gasteiger partial charge is 0.378 e. The minimum absolute atomic E-state index is 0.446. The zero-order valence-electron chi connectivity index (χ0n) is 12.6. The Hall–Kier alpha value is -0.120. The first-order chi connectivity index (χ1) is 9.29. The fourth-order valence-corrected chi connectivity index (χ4v) is 3.88. The van der Waals surface area contributed by atoms with Gasteiger partial charge in [0.1, 0.15) is 0 Å². The summed E-state index contributed by atoms with van der Waals surface area (Å²) < 4.78 is 5.74. The molecule has 1 aliphatic carbocycles. The van der Waals surface area contributed by atoms with Crippen LogP contribution in [0.2, 0.25) is 0 Å². The molecule has 1 heterocycles. The van der Waals surface area contributed by atoms with Crippen LogP contribution in [0.5, 0.6) is 0 Å². The van der Waals surface area contributed by atoms with Crippen molar-refractivity contribution < 1.29 is 4.74 Å². The molecule has 112 valence electrons.